The fourth-order valence-electron chi connectivity index (χ4n) is 1.25. The molecule has 0 aliphatic rings. The van der Waals surface area contributed by atoms with E-state index in [2.05, 4.69) is 22.5 Å². The molecule has 0 bridgehead atoms. The van der Waals surface area contributed by atoms with Crippen LogP contribution in [0.3, 0.4) is 0 Å². The highest BCUT2D eigenvalue weighted by atomic mass is 32.1. The zero-order valence-electron chi connectivity index (χ0n) is 7.77. The Morgan fingerprint density at radius 1 is 1.36 bits per heavy atom. The molecule has 0 aliphatic carbocycles. The molecule has 2 aromatic rings. The quantitative estimate of drug-likeness (QED) is 0.865. The molecule has 0 radical (unpaired) electrons. The molecule has 2 heterocycles. The van der Waals surface area contributed by atoms with E-state index in [4.69, 9.17) is 5.73 Å². The Labute approximate surface area is 91.4 Å². The van der Waals surface area contributed by atoms with Crippen molar-refractivity contribution in [1.29, 1.82) is 0 Å². The first-order valence-corrected chi connectivity index (χ1v) is 6.24. The summed E-state index contributed by atoms with van der Waals surface area (Å²) in [6, 6.07) is 4.23. The van der Waals surface area contributed by atoms with Crippen molar-refractivity contribution in [2.45, 2.75) is 12.8 Å². The molecule has 2 N–H and O–H groups in total. The lowest BCUT2D eigenvalue weighted by Gasteiger charge is -1.90. The number of thiazole rings is 1. The Morgan fingerprint density at radius 3 is 3.00 bits per heavy atom. The average molecular weight is 224 g/mol. The molecule has 0 spiro atoms. The van der Waals surface area contributed by atoms with E-state index in [-0.39, 0.29) is 0 Å². The van der Waals surface area contributed by atoms with E-state index in [9.17, 15) is 0 Å². The summed E-state index contributed by atoms with van der Waals surface area (Å²) in [5.74, 6) is 0. The van der Waals surface area contributed by atoms with E-state index in [0.29, 0.717) is 6.54 Å². The Hall–Kier alpha value is -0.710. The molecule has 0 aromatic carbocycles. The van der Waals surface area contributed by atoms with E-state index in [1.165, 1.54) is 14.8 Å². The highest BCUT2D eigenvalue weighted by Gasteiger charge is 2.02. The molecule has 0 unspecified atom stereocenters. The van der Waals surface area contributed by atoms with Crippen LogP contribution in [0.1, 0.15) is 14.8 Å². The van der Waals surface area contributed by atoms with E-state index in [1.807, 2.05) is 6.20 Å². The van der Waals surface area contributed by atoms with Crippen LogP contribution in [0.15, 0.2) is 23.7 Å². The van der Waals surface area contributed by atoms with E-state index in [0.717, 1.165) is 12.8 Å². The van der Waals surface area contributed by atoms with Crippen LogP contribution in [0.5, 0.6) is 0 Å². The van der Waals surface area contributed by atoms with Gasteiger partial charge in [0, 0.05) is 22.4 Å². The predicted octanol–water partition coefficient (Wildman–Crippen LogP) is 2.30. The molecule has 0 saturated carbocycles. The molecule has 4 heteroatoms. The van der Waals surface area contributed by atoms with Crippen molar-refractivity contribution in [3.63, 3.8) is 0 Å². The number of hydrogen-bond donors (Lipinski definition) is 1. The third kappa shape index (κ3) is 2.41. The van der Waals surface area contributed by atoms with Crippen molar-refractivity contribution in [3.8, 4) is 0 Å². The van der Waals surface area contributed by atoms with Crippen LogP contribution in [-0.2, 0) is 12.8 Å². The van der Waals surface area contributed by atoms with Gasteiger partial charge in [0.1, 0.15) is 0 Å². The van der Waals surface area contributed by atoms with Gasteiger partial charge in [0.05, 0.1) is 5.01 Å². The van der Waals surface area contributed by atoms with E-state index < -0.39 is 0 Å². The minimum absolute atomic E-state index is 0.709. The van der Waals surface area contributed by atoms with Crippen LogP contribution >= 0.6 is 22.7 Å². The van der Waals surface area contributed by atoms with Crippen LogP contribution in [0.25, 0.3) is 0 Å². The van der Waals surface area contributed by atoms with Gasteiger partial charge in [0.25, 0.3) is 0 Å². The molecule has 2 rings (SSSR count). The lowest BCUT2D eigenvalue weighted by atomic mass is 10.3. The van der Waals surface area contributed by atoms with Crippen molar-refractivity contribution in [2.24, 2.45) is 5.73 Å². The third-order valence-electron chi connectivity index (χ3n) is 1.90. The molecule has 0 aliphatic heterocycles. The summed E-state index contributed by atoms with van der Waals surface area (Å²) in [6.45, 7) is 0.709. The molecule has 14 heavy (non-hydrogen) atoms. The average Bonchev–Trinajstić information content (AvgIpc) is 2.79. The fraction of sp³-hybridized carbons (Fsp3) is 0.300. The van der Waals surface area contributed by atoms with Crippen molar-refractivity contribution >= 4 is 22.7 Å². The molecular formula is C10H12N2S2. The second-order valence-corrected chi connectivity index (χ2v) is 5.25. The predicted molar refractivity (Wildman–Crippen MR) is 62.0 cm³/mol. The SMILES string of the molecule is NCCc1cnc(Cc2cccs2)s1. The van der Waals surface area contributed by atoms with Crippen molar-refractivity contribution in [2.75, 3.05) is 6.54 Å². The number of nitrogens with zero attached hydrogens (tertiary/aromatic N) is 1. The largest absolute Gasteiger partial charge is 0.330 e. The molecule has 0 amide bonds. The van der Waals surface area contributed by atoms with Gasteiger partial charge < -0.3 is 5.73 Å². The summed E-state index contributed by atoms with van der Waals surface area (Å²) in [6.07, 6.45) is 3.86. The first-order chi connectivity index (χ1) is 6.88. The first kappa shape index (κ1) is 9.83. The van der Waals surface area contributed by atoms with Gasteiger partial charge >= 0.3 is 0 Å². The maximum Gasteiger partial charge on any atom is 0.0979 e. The fourth-order valence-corrected chi connectivity index (χ4v) is 3.01. The molecule has 2 aromatic heterocycles. The molecule has 2 nitrogen and oxygen atoms in total. The van der Waals surface area contributed by atoms with E-state index in [1.54, 1.807) is 22.7 Å². The molecule has 0 saturated heterocycles. The van der Waals surface area contributed by atoms with Crippen molar-refractivity contribution < 1.29 is 0 Å². The lowest BCUT2D eigenvalue weighted by Crippen LogP contribution is -2.00. The Morgan fingerprint density at radius 2 is 2.29 bits per heavy atom. The second kappa shape index (κ2) is 4.68. The molecule has 74 valence electrons. The standard InChI is InChI=1S/C10H12N2S2/c11-4-3-9-7-12-10(14-9)6-8-2-1-5-13-8/h1-2,5,7H,3-4,6,11H2. The third-order valence-corrected chi connectivity index (χ3v) is 3.83. The van der Waals surface area contributed by atoms with E-state index >= 15 is 0 Å². The number of thiophene rings is 1. The van der Waals surface area contributed by atoms with Crippen LogP contribution < -0.4 is 5.73 Å². The van der Waals surface area contributed by atoms with Crippen molar-refractivity contribution in [1.82, 2.24) is 4.98 Å². The van der Waals surface area contributed by atoms with Gasteiger partial charge in [-0.25, -0.2) is 4.98 Å². The van der Waals surface area contributed by atoms with Gasteiger partial charge in [-0.2, -0.15) is 0 Å². The zero-order valence-corrected chi connectivity index (χ0v) is 9.40. The molecule has 0 atom stereocenters. The number of nitrogens with two attached hydrogens (primary N) is 1. The molecular weight excluding hydrogens is 212 g/mol. The Kier molecular flexibility index (Phi) is 3.29. The highest BCUT2D eigenvalue weighted by Crippen LogP contribution is 2.19. The number of hydrogen-bond acceptors (Lipinski definition) is 4. The van der Waals surface area contributed by atoms with Crippen molar-refractivity contribution in [3.05, 3.63) is 38.5 Å². The summed E-state index contributed by atoms with van der Waals surface area (Å²) < 4.78 is 0. The minimum Gasteiger partial charge on any atom is -0.330 e. The maximum atomic E-state index is 5.49. The zero-order chi connectivity index (χ0) is 9.80. The summed E-state index contributed by atoms with van der Waals surface area (Å²) in [7, 11) is 0. The summed E-state index contributed by atoms with van der Waals surface area (Å²) in [5.41, 5.74) is 5.49. The topological polar surface area (TPSA) is 38.9 Å². The second-order valence-electron chi connectivity index (χ2n) is 3.02. The maximum absolute atomic E-state index is 5.49. The number of aromatic nitrogens is 1. The monoisotopic (exact) mass is 224 g/mol. The van der Waals surface area contributed by atoms with Gasteiger partial charge in [-0.15, -0.1) is 22.7 Å². The number of rotatable bonds is 4. The van der Waals surface area contributed by atoms with Gasteiger partial charge in [0.2, 0.25) is 0 Å². The summed E-state index contributed by atoms with van der Waals surface area (Å²) in [5, 5.41) is 3.29. The van der Waals surface area contributed by atoms with Crippen LogP contribution in [0.4, 0.5) is 0 Å². The van der Waals surface area contributed by atoms with Crippen LogP contribution in [-0.4, -0.2) is 11.5 Å². The Bertz CT molecular complexity index is 378. The summed E-state index contributed by atoms with van der Waals surface area (Å²) >= 11 is 3.55. The summed E-state index contributed by atoms with van der Waals surface area (Å²) in [4.78, 5) is 7.04. The highest BCUT2D eigenvalue weighted by molar-refractivity contribution is 7.12. The minimum atomic E-state index is 0.709. The normalized spacial score (nSPS) is 10.6. The lowest BCUT2D eigenvalue weighted by molar-refractivity contribution is 0.983. The molecule has 0 fully saturated rings. The van der Waals surface area contributed by atoms with Gasteiger partial charge in [0.15, 0.2) is 0 Å². The van der Waals surface area contributed by atoms with Crippen LogP contribution in [0, 0.1) is 0 Å². The smallest absolute Gasteiger partial charge is 0.0979 e. The van der Waals surface area contributed by atoms with Gasteiger partial charge in [-0.1, -0.05) is 6.07 Å². The van der Waals surface area contributed by atoms with Crippen LogP contribution in [0.2, 0.25) is 0 Å². The van der Waals surface area contributed by atoms with Gasteiger partial charge in [-0.05, 0) is 24.4 Å². The Balaban J connectivity index is 2.03. The van der Waals surface area contributed by atoms with Gasteiger partial charge in [-0.3, -0.25) is 0 Å². The first-order valence-electron chi connectivity index (χ1n) is 4.54.